The predicted molar refractivity (Wildman–Crippen MR) is 52.8 cm³/mol. The zero-order valence-electron chi connectivity index (χ0n) is 8.10. The molecule has 0 amide bonds. The monoisotopic (exact) mass is 154 g/mol. The Morgan fingerprint density at radius 1 is 0.727 bits per heavy atom. The van der Waals surface area contributed by atoms with Crippen molar-refractivity contribution in [1.29, 1.82) is 0 Å². The Hall–Kier alpha value is -0.260. The Labute approximate surface area is 71.7 Å². The molecule has 0 unspecified atom stereocenters. The third-order valence-electron chi connectivity index (χ3n) is 1.87. The van der Waals surface area contributed by atoms with E-state index >= 15 is 0 Å². The zero-order valence-corrected chi connectivity index (χ0v) is 8.10. The van der Waals surface area contributed by atoms with Crippen LogP contribution >= 0.6 is 0 Å². The molecule has 0 fully saturated rings. The van der Waals surface area contributed by atoms with Crippen molar-refractivity contribution in [2.75, 3.05) is 0 Å². The molecule has 0 aromatic carbocycles. The highest BCUT2D eigenvalue weighted by Gasteiger charge is 1.81. The standard InChI is InChI=1S/C11H22/c1-3-5-7-9-11-10-8-6-4-2/h9,11H,3-8,10H2,1-2H3/b11-9-. The molecule has 0 spiro atoms. The first-order valence-corrected chi connectivity index (χ1v) is 5.06. The van der Waals surface area contributed by atoms with Gasteiger partial charge in [0.05, 0.1) is 0 Å². The Bertz CT molecular complexity index is 82.0. The summed E-state index contributed by atoms with van der Waals surface area (Å²) < 4.78 is 0. The molecule has 0 radical (unpaired) electrons. The predicted octanol–water partition coefficient (Wildman–Crippen LogP) is 4.31. The van der Waals surface area contributed by atoms with Gasteiger partial charge in [-0.1, -0.05) is 51.7 Å². The lowest BCUT2D eigenvalue weighted by molar-refractivity contribution is 0.726. The van der Waals surface area contributed by atoms with Gasteiger partial charge in [-0.05, 0) is 19.3 Å². The topological polar surface area (TPSA) is 0 Å². The molecule has 0 aliphatic rings. The van der Waals surface area contributed by atoms with Crippen molar-refractivity contribution in [3.8, 4) is 0 Å². The Balaban J connectivity index is 2.91. The largest absolute Gasteiger partial charge is 0.0885 e. The van der Waals surface area contributed by atoms with Gasteiger partial charge in [0.25, 0.3) is 0 Å². The summed E-state index contributed by atoms with van der Waals surface area (Å²) in [7, 11) is 0. The van der Waals surface area contributed by atoms with Gasteiger partial charge in [0.15, 0.2) is 0 Å². The highest BCUT2D eigenvalue weighted by Crippen LogP contribution is 2.01. The van der Waals surface area contributed by atoms with Gasteiger partial charge in [0, 0.05) is 0 Å². The van der Waals surface area contributed by atoms with E-state index in [2.05, 4.69) is 26.0 Å². The van der Waals surface area contributed by atoms with Crippen LogP contribution in [0.15, 0.2) is 12.2 Å². The van der Waals surface area contributed by atoms with E-state index in [9.17, 15) is 0 Å². The average molecular weight is 154 g/mol. The maximum Gasteiger partial charge on any atom is -0.0351 e. The van der Waals surface area contributed by atoms with E-state index in [4.69, 9.17) is 0 Å². The van der Waals surface area contributed by atoms with Crippen LogP contribution in [0, 0.1) is 0 Å². The summed E-state index contributed by atoms with van der Waals surface area (Å²) in [6.45, 7) is 4.49. The average Bonchev–Trinajstić information content (AvgIpc) is 2.03. The van der Waals surface area contributed by atoms with E-state index in [0.717, 1.165) is 0 Å². The summed E-state index contributed by atoms with van der Waals surface area (Å²) in [5, 5.41) is 0. The first kappa shape index (κ1) is 10.7. The summed E-state index contributed by atoms with van der Waals surface area (Å²) in [6.07, 6.45) is 14.0. The molecular weight excluding hydrogens is 132 g/mol. The second-order valence-corrected chi connectivity index (χ2v) is 3.11. The van der Waals surface area contributed by atoms with Gasteiger partial charge in [0.1, 0.15) is 0 Å². The first-order valence-electron chi connectivity index (χ1n) is 5.06. The Kier molecular flexibility index (Phi) is 9.51. The molecule has 0 rings (SSSR count). The summed E-state index contributed by atoms with van der Waals surface area (Å²) in [5.41, 5.74) is 0. The minimum absolute atomic E-state index is 1.28. The number of allylic oxidation sites excluding steroid dienone is 2. The lowest BCUT2D eigenvalue weighted by Gasteiger charge is -1.91. The van der Waals surface area contributed by atoms with Crippen LogP contribution in [0.5, 0.6) is 0 Å². The molecule has 0 saturated heterocycles. The summed E-state index contributed by atoms with van der Waals surface area (Å²) in [4.78, 5) is 0. The van der Waals surface area contributed by atoms with E-state index in [0.29, 0.717) is 0 Å². The number of hydrogen-bond acceptors (Lipinski definition) is 0. The van der Waals surface area contributed by atoms with E-state index in [-0.39, 0.29) is 0 Å². The molecule has 11 heavy (non-hydrogen) atoms. The molecule has 66 valence electrons. The summed E-state index contributed by atoms with van der Waals surface area (Å²) in [5.74, 6) is 0. The van der Waals surface area contributed by atoms with Crippen LogP contribution in [-0.2, 0) is 0 Å². The van der Waals surface area contributed by atoms with Crippen LogP contribution in [-0.4, -0.2) is 0 Å². The quantitative estimate of drug-likeness (QED) is 0.378. The molecule has 0 aliphatic carbocycles. The molecule has 0 heteroatoms. The van der Waals surface area contributed by atoms with Gasteiger partial charge in [-0.15, -0.1) is 0 Å². The molecule has 0 aliphatic heterocycles. The van der Waals surface area contributed by atoms with Gasteiger partial charge in [-0.2, -0.15) is 0 Å². The molecule has 0 saturated carbocycles. The molecule has 0 bridgehead atoms. The normalized spacial score (nSPS) is 11.1. The van der Waals surface area contributed by atoms with Crippen molar-refractivity contribution in [3.05, 3.63) is 12.2 Å². The third-order valence-corrected chi connectivity index (χ3v) is 1.87. The van der Waals surface area contributed by atoms with Gasteiger partial charge in [-0.25, -0.2) is 0 Å². The van der Waals surface area contributed by atoms with Crippen LogP contribution in [0.1, 0.15) is 58.8 Å². The maximum atomic E-state index is 2.34. The molecule has 0 atom stereocenters. The van der Waals surface area contributed by atoms with Crippen molar-refractivity contribution in [1.82, 2.24) is 0 Å². The molecule has 0 nitrogen and oxygen atoms in total. The molecule has 0 N–H and O–H groups in total. The number of unbranched alkanes of at least 4 members (excludes halogenated alkanes) is 5. The van der Waals surface area contributed by atoms with Crippen molar-refractivity contribution in [3.63, 3.8) is 0 Å². The van der Waals surface area contributed by atoms with Crippen LogP contribution in [0.2, 0.25) is 0 Å². The summed E-state index contributed by atoms with van der Waals surface area (Å²) >= 11 is 0. The Morgan fingerprint density at radius 3 is 1.82 bits per heavy atom. The smallest absolute Gasteiger partial charge is 0.0351 e. The lowest BCUT2D eigenvalue weighted by Crippen LogP contribution is -1.71. The highest BCUT2D eigenvalue weighted by molar-refractivity contribution is 4.80. The van der Waals surface area contributed by atoms with E-state index in [1.807, 2.05) is 0 Å². The zero-order chi connectivity index (χ0) is 8.36. The maximum absolute atomic E-state index is 2.34. The second kappa shape index (κ2) is 9.74. The lowest BCUT2D eigenvalue weighted by atomic mass is 10.2. The van der Waals surface area contributed by atoms with Gasteiger partial charge < -0.3 is 0 Å². The second-order valence-electron chi connectivity index (χ2n) is 3.11. The fourth-order valence-electron chi connectivity index (χ4n) is 1.07. The molecule has 0 aromatic heterocycles. The first-order chi connectivity index (χ1) is 5.41. The van der Waals surface area contributed by atoms with E-state index in [1.165, 1.54) is 44.9 Å². The van der Waals surface area contributed by atoms with Crippen molar-refractivity contribution < 1.29 is 0 Å². The van der Waals surface area contributed by atoms with Crippen molar-refractivity contribution in [2.24, 2.45) is 0 Å². The Morgan fingerprint density at radius 2 is 1.27 bits per heavy atom. The van der Waals surface area contributed by atoms with Crippen LogP contribution in [0.4, 0.5) is 0 Å². The number of rotatable bonds is 7. The third kappa shape index (κ3) is 9.74. The molecule has 0 heterocycles. The summed E-state index contributed by atoms with van der Waals surface area (Å²) in [6, 6.07) is 0. The fraction of sp³-hybridized carbons (Fsp3) is 0.818. The van der Waals surface area contributed by atoms with Gasteiger partial charge >= 0.3 is 0 Å². The minimum atomic E-state index is 1.28. The molecular formula is C11H22. The molecule has 0 aromatic rings. The SMILES string of the molecule is CCCC/C=C\CCCCC. The van der Waals surface area contributed by atoms with Crippen LogP contribution in [0.25, 0.3) is 0 Å². The number of hydrogen-bond donors (Lipinski definition) is 0. The van der Waals surface area contributed by atoms with Crippen molar-refractivity contribution in [2.45, 2.75) is 58.8 Å². The van der Waals surface area contributed by atoms with E-state index < -0.39 is 0 Å². The van der Waals surface area contributed by atoms with E-state index in [1.54, 1.807) is 0 Å². The van der Waals surface area contributed by atoms with Gasteiger partial charge in [-0.3, -0.25) is 0 Å². The minimum Gasteiger partial charge on any atom is -0.0885 e. The van der Waals surface area contributed by atoms with Gasteiger partial charge in [0.2, 0.25) is 0 Å². The van der Waals surface area contributed by atoms with Crippen molar-refractivity contribution >= 4 is 0 Å². The van der Waals surface area contributed by atoms with Crippen LogP contribution < -0.4 is 0 Å². The van der Waals surface area contributed by atoms with Crippen LogP contribution in [0.3, 0.4) is 0 Å². The highest BCUT2D eigenvalue weighted by atomic mass is 13.9. The fourth-order valence-corrected chi connectivity index (χ4v) is 1.07.